The van der Waals surface area contributed by atoms with E-state index in [9.17, 15) is 8.42 Å². The summed E-state index contributed by atoms with van der Waals surface area (Å²) in [5, 5.41) is 0. The van der Waals surface area contributed by atoms with Gasteiger partial charge in [-0.1, -0.05) is 34.1 Å². The first kappa shape index (κ1) is 15.0. The van der Waals surface area contributed by atoms with Crippen LogP contribution in [0.2, 0.25) is 0 Å². The molecule has 0 atom stereocenters. The van der Waals surface area contributed by atoms with Crippen molar-refractivity contribution in [1.29, 1.82) is 0 Å². The first-order chi connectivity index (χ1) is 9.44. The van der Waals surface area contributed by atoms with Crippen molar-refractivity contribution >= 4 is 31.6 Å². The Morgan fingerprint density at radius 1 is 1.20 bits per heavy atom. The van der Waals surface area contributed by atoms with Crippen LogP contribution in [0.15, 0.2) is 51.8 Å². The van der Waals surface area contributed by atoms with Gasteiger partial charge in [0.15, 0.2) is 0 Å². The van der Waals surface area contributed by atoms with Crippen molar-refractivity contribution in [2.75, 3.05) is 4.72 Å². The fraction of sp³-hybridized carbons (Fsp3) is 0.143. The topological polar surface area (TPSA) is 72.2 Å². The summed E-state index contributed by atoms with van der Waals surface area (Å²) >= 11 is 3.31. The first-order valence-corrected chi connectivity index (χ1v) is 8.28. The quantitative estimate of drug-likeness (QED) is 0.886. The van der Waals surface area contributed by atoms with E-state index >= 15 is 0 Å². The van der Waals surface area contributed by atoms with Gasteiger partial charge in [0.05, 0.1) is 4.90 Å². The third-order valence-electron chi connectivity index (χ3n) is 2.98. The molecule has 0 fully saturated rings. The second kappa shape index (κ2) is 5.95. The van der Waals surface area contributed by atoms with E-state index in [0.717, 1.165) is 10.0 Å². The molecule has 0 aliphatic carbocycles. The summed E-state index contributed by atoms with van der Waals surface area (Å²) in [5.41, 5.74) is 7.62. The van der Waals surface area contributed by atoms with Gasteiger partial charge >= 0.3 is 0 Å². The zero-order valence-electron chi connectivity index (χ0n) is 10.9. The number of sulfonamides is 1. The molecule has 0 radical (unpaired) electrons. The molecule has 4 nitrogen and oxygen atoms in total. The van der Waals surface area contributed by atoms with Crippen LogP contribution < -0.4 is 10.5 Å². The van der Waals surface area contributed by atoms with Gasteiger partial charge in [0, 0.05) is 16.7 Å². The minimum absolute atomic E-state index is 0.250. The van der Waals surface area contributed by atoms with E-state index in [1.54, 1.807) is 37.3 Å². The van der Waals surface area contributed by atoms with Gasteiger partial charge in [-0.3, -0.25) is 4.72 Å². The Morgan fingerprint density at radius 2 is 1.90 bits per heavy atom. The average Bonchev–Trinajstić information content (AvgIpc) is 2.38. The number of rotatable bonds is 4. The minimum atomic E-state index is -3.62. The van der Waals surface area contributed by atoms with Crippen LogP contribution in [0.4, 0.5) is 5.69 Å². The number of halogens is 1. The molecule has 0 unspecified atom stereocenters. The number of hydrogen-bond donors (Lipinski definition) is 2. The number of hydrogen-bond acceptors (Lipinski definition) is 3. The molecule has 0 amide bonds. The fourth-order valence-electron chi connectivity index (χ4n) is 1.93. The maximum atomic E-state index is 12.4. The van der Waals surface area contributed by atoms with Gasteiger partial charge < -0.3 is 5.73 Å². The molecule has 2 aromatic rings. The lowest BCUT2D eigenvalue weighted by molar-refractivity contribution is 0.600. The molecule has 6 heteroatoms. The van der Waals surface area contributed by atoms with E-state index in [4.69, 9.17) is 5.73 Å². The van der Waals surface area contributed by atoms with Crippen LogP contribution in [0, 0.1) is 6.92 Å². The van der Waals surface area contributed by atoms with E-state index < -0.39 is 10.0 Å². The number of nitrogens with two attached hydrogens (primary N) is 1. The molecule has 0 saturated carbocycles. The Bertz CT molecular complexity index is 730. The smallest absolute Gasteiger partial charge is 0.262 e. The van der Waals surface area contributed by atoms with Gasteiger partial charge in [0.2, 0.25) is 0 Å². The SMILES string of the molecule is Cc1c(CN)cccc1S(=O)(=O)Nc1cccc(Br)c1. The molecule has 0 saturated heterocycles. The van der Waals surface area contributed by atoms with Gasteiger partial charge in [-0.15, -0.1) is 0 Å². The largest absolute Gasteiger partial charge is 0.326 e. The Kier molecular flexibility index (Phi) is 4.47. The van der Waals surface area contributed by atoms with Crippen LogP contribution in [0.25, 0.3) is 0 Å². The molecular formula is C14H15BrN2O2S. The van der Waals surface area contributed by atoms with Gasteiger partial charge in [-0.2, -0.15) is 0 Å². The molecule has 0 heterocycles. The molecule has 0 aliphatic heterocycles. The zero-order chi connectivity index (χ0) is 14.8. The summed E-state index contributed by atoms with van der Waals surface area (Å²) in [6.07, 6.45) is 0. The molecular weight excluding hydrogens is 340 g/mol. The highest BCUT2D eigenvalue weighted by molar-refractivity contribution is 9.10. The molecule has 106 valence electrons. The summed E-state index contributed by atoms with van der Waals surface area (Å²) in [7, 11) is -3.62. The van der Waals surface area contributed by atoms with E-state index in [0.29, 0.717) is 17.8 Å². The predicted molar refractivity (Wildman–Crippen MR) is 84.0 cm³/mol. The molecule has 2 rings (SSSR count). The van der Waals surface area contributed by atoms with Gasteiger partial charge in [0.25, 0.3) is 10.0 Å². The Balaban J connectivity index is 2.41. The third-order valence-corrected chi connectivity index (χ3v) is 5.00. The molecule has 3 N–H and O–H groups in total. The summed E-state index contributed by atoms with van der Waals surface area (Å²) in [6, 6.07) is 12.1. The monoisotopic (exact) mass is 354 g/mol. The number of benzene rings is 2. The van der Waals surface area contributed by atoms with Crippen molar-refractivity contribution in [3.05, 3.63) is 58.1 Å². The van der Waals surface area contributed by atoms with E-state index in [2.05, 4.69) is 20.7 Å². The summed E-state index contributed by atoms with van der Waals surface area (Å²) in [6.45, 7) is 2.07. The Hall–Kier alpha value is -1.37. The summed E-state index contributed by atoms with van der Waals surface area (Å²) < 4.78 is 28.2. The normalized spacial score (nSPS) is 11.3. The van der Waals surface area contributed by atoms with Gasteiger partial charge in [0.1, 0.15) is 0 Å². The Labute approximate surface area is 127 Å². The Morgan fingerprint density at radius 3 is 2.55 bits per heavy atom. The zero-order valence-corrected chi connectivity index (χ0v) is 13.3. The third kappa shape index (κ3) is 3.20. The first-order valence-electron chi connectivity index (χ1n) is 6.01. The van der Waals surface area contributed by atoms with Crippen LogP contribution in [-0.4, -0.2) is 8.42 Å². The van der Waals surface area contributed by atoms with Crippen LogP contribution in [0.1, 0.15) is 11.1 Å². The second-order valence-corrected chi connectivity index (χ2v) is 6.93. The standard InChI is InChI=1S/C14H15BrN2O2S/c1-10-11(9-16)4-2-7-14(10)20(18,19)17-13-6-3-5-12(15)8-13/h2-8,17H,9,16H2,1H3. The van der Waals surface area contributed by atoms with E-state index in [-0.39, 0.29) is 4.90 Å². The highest BCUT2D eigenvalue weighted by Gasteiger charge is 2.18. The maximum absolute atomic E-state index is 12.4. The molecule has 20 heavy (non-hydrogen) atoms. The average molecular weight is 355 g/mol. The summed E-state index contributed by atoms with van der Waals surface area (Å²) in [5.74, 6) is 0. The number of nitrogens with one attached hydrogen (secondary N) is 1. The van der Waals surface area contributed by atoms with E-state index in [1.807, 2.05) is 12.1 Å². The van der Waals surface area contributed by atoms with Gasteiger partial charge in [-0.05, 0) is 42.3 Å². The summed E-state index contributed by atoms with van der Waals surface area (Å²) in [4.78, 5) is 0.250. The molecule has 2 aromatic carbocycles. The van der Waals surface area contributed by atoms with E-state index in [1.165, 1.54) is 0 Å². The van der Waals surface area contributed by atoms with Crippen molar-refractivity contribution in [3.8, 4) is 0 Å². The fourth-order valence-corrected chi connectivity index (χ4v) is 3.67. The van der Waals surface area contributed by atoms with Crippen molar-refractivity contribution in [3.63, 3.8) is 0 Å². The van der Waals surface area contributed by atoms with Crippen molar-refractivity contribution in [1.82, 2.24) is 0 Å². The van der Waals surface area contributed by atoms with Crippen molar-refractivity contribution in [2.45, 2.75) is 18.4 Å². The minimum Gasteiger partial charge on any atom is -0.326 e. The second-order valence-electron chi connectivity index (χ2n) is 4.36. The number of anilines is 1. The van der Waals surface area contributed by atoms with Crippen molar-refractivity contribution < 1.29 is 8.42 Å². The highest BCUT2D eigenvalue weighted by Crippen LogP contribution is 2.23. The molecule has 0 aliphatic rings. The maximum Gasteiger partial charge on any atom is 0.262 e. The van der Waals surface area contributed by atoms with Crippen LogP contribution >= 0.6 is 15.9 Å². The lowest BCUT2D eigenvalue weighted by Gasteiger charge is -2.12. The van der Waals surface area contributed by atoms with Crippen molar-refractivity contribution in [2.24, 2.45) is 5.73 Å². The lowest BCUT2D eigenvalue weighted by atomic mass is 10.1. The molecule has 0 spiro atoms. The highest BCUT2D eigenvalue weighted by atomic mass is 79.9. The lowest BCUT2D eigenvalue weighted by Crippen LogP contribution is -2.15. The van der Waals surface area contributed by atoms with Gasteiger partial charge in [-0.25, -0.2) is 8.42 Å². The van der Waals surface area contributed by atoms with Crippen LogP contribution in [-0.2, 0) is 16.6 Å². The van der Waals surface area contributed by atoms with Crippen LogP contribution in [0.5, 0.6) is 0 Å². The predicted octanol–water partition coefficient (Wildman–Crippen LogP) is 3.02. The van der Waals surface area contributed by atoms with Crippen LogP contribution in [0.3, 0.4) is 0 Å². The molecule has 0 aromatic heterocycles. The molecule has 0 bridgehead atoms.